The maximum atomic E-state index is 12.5. The van der Waals surface area contributed by atoms with Crippen molar-refractivity contribution in [1.29, 1.82) is 0 Å². The van der Waals surface area contributed by atoms with Crippen LogP contribution in [0.15, 0.2) is 66.9 Å². The number of aromatic carboxylic acids is 1. The number of carbonyl (C=O) groups is 2. The minimum atomic E-state index is -1.09. The molecule has 0 aliphatic carbocycles. The predicted octanol–water partition coefficient (Wildman–Crippen LogP) is 4.64. The molecule has 33 heavy (non-hydrogen) atoms. The average molecular weight is 444 g/mol. The second-order valence-corrected chi connectivity index (χ2v) is 7.82. The molecule has 0 saturated carbocycles. The molecule has 2 aromatic carbocycles. The molecule has 168 valence electrons. The van der Waals surface area contributed by atoms with E-state index < -0.39 is 5.97 Å². The number of pyridine rings is 1. The fraction of sp³-hybridized carbons (Fsp3) is 0.192. The normalized spacial score (nSPS) is 13.3. The van der Waals surface area contributed by atoms with Crippen molar-refractivity contribution in [2.45, 2.75) is 13.3 Å². The predicted molar refractivity (Wildman–Crippen MR) is 128 cm³/mol. The first kappa shape index (κ1) is 22.1. The quantitative estimate of drug-likeness (QED) is 0.577. The molecule has 0 atom stereocenters. The Labute approximate surface area is 192 Å². The van der Waals surface area contributed by atoms with Gasteiger partial charge in [0.15, 0.2) is 0 Å². The van der Waals surface area contributed by atoms with Crippen molar-refractivity contribution in [1.82, 2.24) is 4.98 Å². The number of hydrogen-bond acceptors (Lipinski definition) is 5. The van der Waals surface area contributed by atoms with E-state index in [9.17, 15) is 14.7 Å². The molecule has 2 N–H and O–H groups in total. The lowest BCUT2D eigenvalue weighted by Crippen LogP contribution is -2.30. The summed E-state index contributed by atoms with van der Waals surface area (Å²) in [6, 6.07) is 16.4. The number of nitrogens with one attached hydrogen (secondary N) is 1. The number of anilines is 2. The largest absolute Gasteiger partial charge is 0.497 e. The van der Waals surface area contributed by atoms with Gasteiger partial charge >= 0.3 is 5.97 Å². The van der Waals surface area contributed by atoms with Gasteiger partial charge in [-0.2, -0.15) is 0 Å². The van der Waals surface area contributed by atoms with Crippen molar-refractivity contribution in [3.8, 4) is 5.75 Å². The highest BCUT2D eigenvalue weighted by atomic mass is 16.5. The van der Waals surface area contributed by atoms with Crippen LogP contribution in [0, 0.1) is 6.92 Å². The minimum absolute atomic E-state index is 0.0512. The number of carboxylic acids is 1. The van der Waals surface area contributed by atoms with Gasteiger partial charge in [0.25, 0.3) is 5.91 Å². The molecular weight excluding hydrogens is 418 g/mol. The van der Waals surface area contributed by atoms with E-state index in [1.54, 1.807) is 31.4 Å². The van der Waals surface area contributed by atoms with Crippen molar-refractivity contribution in [2.24, 2.45) is 0 Å². The molecule has 0 saturated heterocycles. The molecule has 0 unspecified atom stereocenters. The Morgan fingerprint density at radius 3 is 2.52 bits per heavy atom. The molecule has 1 amide bonds. The van der Waals surface area contributed by atoms with Gasteiger partial charge in [-0.15, -0.1) is 0 Å². The Bertz CT molecular complexity index is 1220. The second-order valence-electron chi connectivity index (χ2n) is 7.82. The van der Waals surface area contributed by atoms with E-state index in [4.69, 9.17) is 4.74 Å². The smallest absolute Gasteiger partial charge is 0.339 e. The van der Waals surface area contributed by atoms with Crippen LogP contribution in [0.3, 0.4) is 0 Å². The molecule has 0 fully saturated rings. The van der Waals surface area contributed by atoms with Crippen LogP contribution in [0.1, 0.15) is 38.3 Å². The number of aromatic nitrogens is 1. The molecule has 7 nitrogen and oxygen atoms in total. The van der Waals surface area contributed by atoms with E-state index in [1.165, 1.54) is 29.0 Å². The van der Waals surface area contributed by atoms with Crippen molar-refractivity contribution >= 4 is 29.0 Å². The van der Waals surface area contributed by atoms with Crippen LogP contribution in [0.4, 0.5) is 11.5 Å². The van der Waals surface area contributed by atoms with Gasteiger partial charge in [-0.25, -0.2) is 9.78 Å². The van der Waals surface area contributed by atoms with Crippen LogP contribution in [0.2, 0.25) is 0 Å². The highest BCUT2D eigenvalue weighted by Crippen LogP contribution is 2.29. The minimum Gasteiger partial charge on any atom is -0.497 e. The number of carboxylic acid groups (broad SMARTS) is 1. The lowest BCUT2D eigenvalue weighted by molar-refractivity contribution is 0.0696. The van der Waals surface area contributed by atoms with Gasteiger partial charge < -0.3 is 20.1 Å². The Balaban J connectivity index is 1.52. The number of rotatable bonds is 6. The highest BCUT2D eigenvalue weighted by molar-refractivity contribution is 6.05. The number of ether oxygens (including phenoxy) is 1. The average Bonchev–Trinajstić information content (AvgIpc) is 2.84. The number of carbonyl (C=O) groups excluding carboxylic acids is 1. The topological polar surface area (TPSA) is 91.8 Å². The van der Waals surface area contributed by atoms with Gasteiger partial charge in [0.05, 0.1) is 19.0 Å². The first-order valence-corrected chi connectivity index (χ1v) is 10.6. The third-order valence-electron chi connectivity index (χ3n) is 5.71. The van der Waals surface area contributed by atoms with Crippen molar-refractivity contribution < 1.29 is 19.4 Å². The summed E-state index contributed by atoms with van der Waals surface area (Å²) >= 11 is 0. The van der Waals surface area contributed by atoms with Gasteiger partial charge in [0.2, 0.25) is 0 Å². The fourth-order valence-electron chi connectivity index (χ4n) is 3.92. The fourth-order valence-corrected chi connectivity index (χ4v) is 3.92. The summed E-state index contributed by atoms with van der Waals surface area (Å²) < 4.78 is 5.10. The number of hydrogen-bond donors (Lipinski definition) is 2. The van der Waals surface area contributed by atoms with E-state index in [0.717, 1.165) is 6.42 Å². The molecule has 1 aromatic heterocycles. The van der Waals surface area contributed by atoms with Gasteiger partial charge in [-0.3, -0.25) is 4.79 Å². The lowest BCUT2D eigenvalue weighted by atomic mass is 9.95. The molecular formula is C26H25N3O4. The van der Waals surface area contributed by atoms with Crippen LogP contribution in [-0.4, -0.2) is 42.2 Å². The summed E-state index contributed by atoms with van der Waals surface area (Å²) in [5.41, 5.74) is 4.50. The Morgan fingerprint density at radius 2 is 1.88 bits per heavy atom. The first-order chi connectivity index (χ1) is 16.0. The van der Waals surface area contributed by atoms with Gasteiger partial charge in [-0.1, -0.05) is 30.3 Å². The zero-order chi connectivity index (χ0) is 23.4. The zero-order valence-corrected chi connectivity index (χ0v) is 18.5. The Kier molecular flexibility index (Phi) is 6.40. The molecule has 7 heteroatoms. The number of nitrogens with zero attached hydrogens (tertiary/aromatic N) is 2. The molecule has 0 bridgehead atoms. The van der Waals surface area contributed by atoms with Crippen LogP contribution < -0.4 is 15.0 Å². The first-order valence-electron chi connectivity index (χ1n) is 10.6. The third-order valence-corrected chi connectivity index (χ3v) is 5.71. The number of aryl methyl sites for hydroxylation is 1. The van der Waals surface area contributed by atoms with Crippen LogP contribution >= 0.6 is 0 Å². The summed E-state index contributed by atoms with van der Waals surface area (Å²) in [5, 5.41) is 12.5. The molecule has 2 heterocycles. The van der Waals surface area contributed by atoms with E-state index in [2.05, 4.69) is 35.4 Å². The molecule has 1 aliphatic rings. The SMILES string of the molecule is COc1ccc(C(=O)Nc2cnc(N3CC=C(c4ccccc4C)CC3)c(C(=O)O)c2)cc1. The summed E-state index contributed by atoms with van der Waals surface area (Å²) in [7, 11) is 1.55. The molecule has 4 rings (SSSR count). The van der Waals surface area contributed by atoms with E-state index >= 15 is 0 Å². The van der Waals surface area contributed by atoms with Crippen molar-refractivity contribution in [2.75, 3.05) is 30.4 Å². The van der Waals surface area contributed by atoms with Crippen LogP contribution in [0.5, 0.6) is 5.75 Å². The Morgan fingerprint density at radius 1 is 1.12 bits per heavy atom. The summed E-state index contributed by atoms with van der Waals surface area (Å²) in [5.74, 6) is -0.407. The van der Waals surface area contributed by atoms with Gasteiger partial charge in [0.1, 0.15) is 17.1 Å². The van der Waals surface area contributed by atoms with E-state index in [-0.39, 0.29) is 11.5 Å². The third kappa shape index (κ3) is 4.87. The maximum Gasteiger partial charge on any atom is 0.339 e. The summed E-state index contributed by atoms with van der Waals surface area (Å²) in [6.07, 6.45) is 4.41. The van der Waals surface area contributed by atoms with Crippen LogP contribution in [0.25, 0.3) is 5.57 Å². The highest BCUT2D eigenvalue weighted by Gasteiger charge is 2.22. The standard InChI is InChI=1S/C26H25N3O4/c1-17-5-3-4-6-22(17)18-11-13-29(14-12-18)24-23(26(31)32)15-20(16-27-24)28-25(30)19-7-9-21(33-2)10-8-19/h3-11,15-16H,12-14H2,1-2H3,(H,28,30)(H,31,32). The van der Waals surface area contributed by atoms with Crippen molar-refractivity contribution in [3.63, 3.8) is 0 Å². The second kappa shape index (κ2) is 9.56. The Hall–Kier alpha value is -4.13. The molecule has 3 aromatic rings. The number of amides is 1. The molecule has 0 radical (unpaired) electrons. The number of benzene rings is 2. The van der Waals surface area contributed by atoms with Crippen LogP contribution in [-0.2, 0) is 0 Å². The number of methoxy groups -OCH3 is 1. The lowest BCUT2D eigenvalue weighted by Gasteiger charge is -2.29. The summed E-state index contributed by atoms with van der Waals surface area (Å²) in [4.78, 5) is 30.8. The maximum absolute atomic E-state index is 12.5. The summed E-state index contributed by atoms with van der Waals surface area (Å²) in [6.45, 7) is 3.31. The van der Waals surface area contributed by atoms with Crippen molar-refractivity contribution in [3.05, 3.63) is 89.1 Å². The molecule has 0 spiro atoms. The monoisotopic (exact) mass is 443 g/mol. The van der Waals surface area contributed by atoms with E-state index in [0.29, 0.717) is 35.9 Å². The van der Waals surface area contributed by atoms with Gasteiger partial charge in [-0.05, 0) is 60.4 Å². The van der Waals surface area contributed by atoms with E-state index in [1.807, 2.05) is 17.0 Å². The zero-order valence-electron chi connectivity index (χ0n) is 18.5. The van der Waals surface area contributed by atoms with Gasteiger partial charge in [0, 0.05) is 18.7 Å². The molecule has 1 aliphatic heterocycles.